The molecule has 28 heavy (non-hydrogen) atoms. The third-order valence-corrected chi connectivity index (χ3v) is 5.16. The lowest BCUT2D eigenvalue weighted by atomic mass is 10.0. The smallest absolute Gasteiger partial charge is 0.271 e. The third kappa shape index (κ3) is 3.83. The van der Waals surface area contributed by atoms with Gasteiger partial charge in [0.2, 0.25) is 0 Å². The molecule has 0 spiro atoms. The van der Waals surface area contributed by atoms with E-state index in [-0.39, 0.29) is 5.91 Å². The van der Waals surface area contributed by atoms with Crippen molar-refractivity contribution >= 4 is 16.8 Å². The summed E-state index contributed by atoms with van der Waals surface area (Å²) in [5.41, 5.74) is 6.28. The maximum absolute atomic E-state index is 12.4. The van der Waals surface area contributed by atoms with Crippen LogP contribution in [0.3, 0.4) is 0 Å². The molecule has 2 aromatic heterocycles. The number of nitrogens with zero attached hydrogens (tertiary/aromatic N) is 2. The van der Waals surface area contributed by atoms with E-state index in [0.29, 0.717) is 18.8 Å². The van der Waals surface area contributed by atoms with Crippen LogP contribution in [0.1, 0.15) is 32.9 Å². The first kappa shape index (κ1) is 18.0. The Morgan fingerprint density at radius 3 is 2.79 bits per heavy atom. The zero-order valence-electron chi connectivity index (χ0n) is 16.2. The van der Waals surface area contributed by atoms with Crippen molar-refractivity contribution < 1.29 is 4.79 Å². The van der Waals surface area contributed by atoms with E-state index in [9.17, 15) is 4.79 Å². The molecule has 2 heterocycles. The Labute approximate surface area is 164 Å². The maximum atomic E-state index is 12.4. The first-order chi connectivity index (χ1) is 13.6. The quantitative estimate of drug-likeness (QED) is 0.537. The number of hydrogen-bond donors (Lipinski definition) is 2. The van der Waals surface area contributed by atoms with E-state index in [1.54, 1.807) is 0 Å². The highest BCUT2D eigenvalue weighted by Crippen LogP contribution is 2.16. The second-order valence-electron chi connectivity index (χ2n) is 7.21. The number of amides is 1. The molecule has 0 aliphatic heterocycles. The van der Waals surface area contributed by atoms with Crippen molar-refractivity contribution in [2.45, 2.75) is 26.8 Å². The van der Waals surface area contributed by atoms with Crippen molar-refractivity contribution in [3.63, 3.8) is 0 Å². The molecule has 0 atom stereocenters. The fourth-order valence-corrected chi connectivity index (χ4v) is 3.39. The lowest BCUT2D eigenvalue weighted by molar-refractivity contribution is 0.0949. The van der Waals surface area contributed by atoms with E-state index in [2.05, 4.69) is 76.5 Å². The molecule has 2 aromatic carbocycles. The standard InChI is InChI=1S/C23H24N4O/c1-16-7-8-18(13-17(16)2)9-11-24-23(28)21-14-20(25-26-21)15-27-12-10-19-5-3-4-6-22(19)27/h3-8,10,12-14H,9,11,15H2,1-2H3,(H,24,28)(H,25,26). The first-order valence-corrected chi connectivity index (χ1v) is 9.52. The van der Waals surface area contributed by atoms with E-state index in [1.807, 2.05) is 18.2 Å². The van der Waals surface area contributed by atoms with Crippen molar-refractivity contribution in [1.82, 2.24) is 20.1 Å². The van der Waals surface area contributed by atoms with Crippen LogP contribution in [0.25, 0.3) is 10.9 Å². The first-order valence-electron chi connectivity index (χ1n) is 9.52. The van der Waals surface area contributed by atoms with Crippen molar-refractivity contribution in [2.75, 3.05) is 6.54 Å². The number of hydrogen-bond acceptors (Lipinski definition) is 2. The van der Waals surface area contributed by atoms with Gasteiger partial charge in [-0.25, -0.2) is 0 Å². The maximum Gasteiger partial charge on any atom is 0.271 e. The van der Waals surface area contributed by atoms with Gasteiger partial charge in [0, 0.05) is 18.3 Å². The van der Waals surface area contributed by atoms with Crippen LogP contribution < -0.4 is 5.32 Å². The topological polar surface area (TPSA) is 62.7 Å². The van der Waals surface area contributed by atoms with Crippen LogP contribution in [0.5, 0.6) is 0 Å². The van der Waals surface area contributed by atoms with Crippen LogP contribution in [-0.4, -0.2) is 27.2 Å². The van der Waals surface area contributed by atoms with Gasteiger partial charge < -0.3 is 9.88 Å². The van der Waals surface area contributed by atoms with Gasteiger partial charge in [-0.1, -0.05) is 36.4 Å². The summed E-state index contributed by atoms with van der Waals surface area (Å²) in [6, 6.07) is 18.6. The number of carbonyl (C=O) groups excluding carboxylic acids is 1. The van der Waals surface area contributed by atoms with Crippen LogP contribution in [0.4, 0.5) is 0 Å². The Bertz CT molecular complexity index is 1120. The molecule has 0 fully saturated rings. The molecule has 0 bridgehead atoms. The molecule has 4 aromatic rings. The highest BCUT2D eigenvalue weighted by atomic mass is 16.1. The Morgan fingerprint density at radius 2 is 1.93 bits per heavy atom. The van der Waals surface area contributed by atoms with Gasteiger partial charge in [-0.2, -0.15) is 5.10 Å². The Morgan fingerprint density at radius 1 is 1.07 bits per heavy atom. The van der Waals surface area contributed by atoms with E-state index in [1.165, 1.54) is 22.1 Å². The Kier molecular flexibility index (Phi) is 4.98. The van der Waals surface area contributed by atoms with Crippen LogP contribution in [0.15, 0.2) is 60.8 Å². The number of H-pyrrole nitrogens is 1. The average Bonchev–Trinajstić information content (AvgIpc) is 3.33. The SMILES string of the molecule is Cc1ccc(CCNC(=O)c2cc(Cn3ccc4ccccc43)[nH]n2)cc1C. The molecule has 0 saturated heterocycles. The number of aromatic nitrogens is 3. The van der Waals surface area contributed by atoms with Crippen molar-refractivity contribution in [3.8, 4) is 0 Å². The minimum Gasteiger partial charge on any atom is -0.350 e. The summed E-state index contributed by atoms with van der Waals surface area (Å²) in [6.07, 6.45) is 2.86. The Hall–Kier alpha value is -3.34. The molecule has 1 amide bonds. The molecule has 5 heteroatoms. The van der Waals surface area contributed by atoms with Gasteiger partial charge in [0.1, 0.15) is 5.69 Å². The summed E-state index contributed by atoms with van der Waals surface area (Å²) in [4.78, 5) is 12.4. The van der Waals surface area contributed by atoms with Crippen molar-refractivity contribution in [3.05, 3.63) is 88.9 Å². The molecule has 0 radical (unpaired) electrons. The van der Waals surface area contributed by atoms with Gasteiger partial charge >= 0.3 is 0 Å². The van der Waals surface area contributed by atoms with Crippen molar-refractivity contribution in [1.29, 1.82) is 0 Å². The second kappa shape index (κ2) is 7.72. The van der Waals surface area contributed by atoms with Gasteiger partial charge in [-0.05, 0) is 60.5 Å². The highest BCUT2D eigenvalue weighted by Gasteiger charge is 2.11. The molecule has 0 saturated carbocycles. The third-order valence-electron chi connectivity index (χ3n) is 5.16. The Balaban J connectivity index is 1.35. The zero-order valence-corrected chi connectivity index (χ0v) is 16.2. The molecule has 142 valence electrons. The number of carbonyl (C=O) groups is 1. The van der Waals surface area contributed by atoms with E-state index in [4.69, 9.17) is 0 Å². The van der Waals surface area contributed by atoms with E-state index in [0.717, 1.165) is 17.6 Å². The molecule has 5 nitrogen and oxygen atoms in total. The van der Waals surface area contributed by atoms with Crippen LogP contribution in [0, 0.1) is 13.8 Å². The van der Waals surface area contributed by atoms with Crippen LogP contribution >= 0.6 is 0 Å². The second-order valence-corrected chi connectivity index (χ2v) is 7.21. The summed E-state index contributed by atoms with van der Waals surface area (Å²) in [5.74, 6) is -0.149. The average molecular weight is 372 g/mol. The number of aromatic amines is 1. The van der Waals surface area contributed by atoms with Crippen LogP contribution in [0.2, 0.25) is 0 Å². The molecular formula is C23H24N4O. The van der Waals surface area contributed by atoms with Gasteiger partial charge in [0.25, 0.3) is 5.91 Å². The zero-order chi connectivity index (χ0) is 19.5. The fraction of sp³-hybridized carbons (Fsp3) is 0.217. The number of benzene rings is 2. The monoisotopic (exact) mass is 372 g/mol. The lowest BCUT2D eigenvalue weighted by Gasteiger charge is -2.06. The number of para-hydroxylation sites is 1. The van der Waals surface area contributed by atoms with Gasteiger partial charge in [0.05, 0.1) is 12.2 Å². The molecule has 0 aliphatic rings. The van der Waals surface area contributed by atoms with E-state index < -0.39 is 0 Å². The lowest BCUT2D eigenvalue weighted by Crippen LogP contribution is -2.26. The predicted molar refractivity (Wildman–Crippen MR) is 112 cm³/mol. The summed E-state index contributed by atoms with van der Waals surface area (Å²) in [5, 5.41) is 11.3. The van der Waals surface area contributed by atoms with Crippen molar-refractivity contribution in [2.24, 2.45) is 0 Å². The normalized spacial score (nSPS) is 11.1. The summed E-state index contributed by atoms with van der Waals surface area (Å²) < 4.78 is 2.14. The fourth-order valence-electron chi connectivity index (χ4n) is 3.39. The minimum atomic E-state index is -0.149. The molecule has 0 unspecified atom stereocenters. The number of nitrogens with one attached hydrogen (secondary N) is 2. The largest absolute Gasteiger partial charge is 0.350 e. The molecule has 2 N–H and O–H groups in total. The van der Waals surface area contributed by atoms with Gasteiger partial charge in [-0.3, -0.25) is 9.89 Å². The number of rotatable bonds is 6. The molecule has 0 aliphatic carbocycles. The number of aryl methyl sites for hydroxylation is 2. The number of fused-ring (bicyclic) bond motifs is 1. The highest BCUT2D eigenvalue weighted by molar-refractivity contribution is 5.92. The van der Waals surface area contributed by atoms with Gasteiger partial charge in [0.15, 0.2) is 0 Å². The molecular weight excluding hydrogens is 348 g/mol. The summed E-state index contributed by atoms with van der Waals surface area (Å²) in [6.45, 7) is 5.45. The van der Waals surface area contributed by atoms with E-state index >= 15 is 0 Å². The summed E-state index contributed by atoms with van der Waals surface area (Å²) in [7, 11) is 0. The predicted octanol–water partition coefficient (Wildman–Crippen LogP) is 4.00. The minimum absolute atomic E-state index is 0.149. The van der Waals surface area contributed by atoms with Gasteiger partial charge in [-0.15, -0.1) is 0 Å². The molecule has 4 rings (SSSR count). The summed E-state index contributed by atoms with van der Waals surface area (Å²) >= 11 is 0. The van der Waals surface area contributed by atoms with Crippen LogP contribution in [-0.2, 0) is 13.0 Å².